The zero-order valence-corrected chi connectivity index (χ0v) is 56.7. The van der Waals surface area contributed by atoms with E-state index in [0.29, 0.717) is 71.7 Å². The Morgan fingerprint density at radius 2 is 0.914 bits per heavy atom. The van der Waals surface area contributed by atoms with Gasteiger partial charge in [-0.3, -0.25) is 30.3 Å². The average Bonchev–Trinajstić information content (AvgIpc) is 1.82. The molecule has 508 valence electrons. The molecule has 0 saturated heterocycles. The second-order valence-electron chi connectivity index (χ2n) is 23.5. The standard InChI is InChI=1S/C72H99N4O16P/c1-15-65(77)84-44-46-88-69(81)75-63-34-32-60(48-56(63)11)73-67(79)86-40-24-28-54(9)26-22-39-72(14,18-4)51-59(53(7)8)37-43-91-93(83,92-62-30-20-19-21-31-62)90-41-25-29-55(10)27-23-38-71(13,17-3)50-58(52(5)6)36-42-87-68(80)74-61-33-35-64(57(12)49-61)76-70(82)89-47-45-85-66(78)16-2/h15-21,26-27,30-35,48-49,58-59H,1-5,7,22-25,28-29,36-47,50-51H2,6,8-14H3,(H,73,79)(H,74,80)(H,75,81)(H,76,82)/b54-26+,55-27+. The van der Waals surface area contributed by atoms with Gasteiger partial charge in [0, 0.05) is 34.9 Å². The SMILES string of the molecule is C=CC(=O)OCCOC(=O)Nc1ccc(NC(=O)OCCC/C(C)=C/CCC(C)(C=C)CC(CCOP(=O)(OCCC/C(C)=C/CCC(C)(C=C)CC(CCOC(=O)Nc2ccc(NC(=O)OCCOC(=O)C=C)c(C)c2)C(=C)C)Oc2ccccc2)C(=C)C)cc1C. The largest absolute Gasteiger partial charge is 0.530 e. The molecule has 3 aromatic carbocycles. The van der Waals surface area contributed by atoms with E-state index in [2.05, 4.69) is 101 Å². The molecule has 0 aliphatic carbocycles. The number of amides is 4. The molecule has 3 rings (SSSR count). The third kappa shape index (κ3) is 32.6. The van der Waals surface area contributed by atoms with Crippen LogP contribution in [0.5, 0.6) is 5.75 Å². The minimum Gasteiger partial charge on any atom is -0.459 e. The number of anilines is 4. The number of allylic oxidation sites excluding steroid dienone is 8. The van der Waals surface area contributed by atoms with Gasteiger partial charge in [-0.15, -0.1) is 13.2 Å². The van der Waals surface area contributed by atoms with Crippen molar-refractivity contribution in [2.75, 3.05) is 74.1 Å². The first kappa shape index (κ1) is 78.8. The monoisotopic (exact) mass is 1310 g/mol. The number of phosphoric acid groups is 1. The number of aryl methyl sites for hydroxylation is 2. The first-order valence-electron chi connectivity index (χ1n) is 31.3. The lowest BCUT2D eigenvalue weighted by atomic mass is 9.75. The molecule has 5 atom stereocenters. The molecule has 21 heteroatoms. The van der Waals surface area contributed by atoms with Gasteiger partial charge in [0.25, 0.3) is 0 Å². The number of hydrogen-bond acceptors (Lipinski definition) is 16. The highest BCUT2D eigenvalue weighted by Crippen LogP contribution is 2.50. The third-order valence-electron chi connectivity index (χ3n) is 15.4. The van der Waals surface area contributed by atoms with E-state index in [-0.39, 0.29) is 75.5 Å². The molecule has 3 aromatic rings. The number of carbonyl (C=O) groups is 6. The van der Waals surface area contributed by atoms with Crippen molar-refractivity contribution in [2.24, 2.45) is 22.7 Å². The van der Waals surface area contributed by atoms with Gasteiger partial charge in [-0.05, 0) is 201 Å². The molecule has 0 heterocycles. The molecule has 20 nitrogen and oxygen atoms in total. The second kappa shape index (κ2) is 41.9. The van der Waals surface area contributed by atoms with Crippen molar-refractivity contribution in [3.63, 3.8) is 0 Å². The van der Waals surface area contributed by atoms with Gasteiger partial charge in [-0.2, -0.15) is 0 Å². The molecule has 0 fully saturated rings. The normalized spacial score (nSPS) is 13.9. The van der Waals surface area contributed by atoms with Gasteiger partial charge in [0.1, 0.15) is 32.2 Å². The fraction of sp³-hybridized carbons (Fsp3) is 0.444. The molecule has 0 bridgehead atoms. The number of rotatable bonds is 44. The molecule has 0 aromatic heterocycles. The molecule has 0 saturated carbocycles. The van der Waals surface area contributed by atoms with Crippen molar-refractivity contribution in [3.8, 4) is 5.75 Å². The predicted octanol–water partition coefficient (Wildman–Crippen LogP) is 18.2. The highest BCUT2D eigenvalue weighted by molar-refractivity contribution is 7.48. The van der Waals surface area contributed by atoms with Gasteiger partial charge < -0.3 is 32.9 Å². The number of phosphoric ester groups is 1. The Balaban J connectivity index is 1.43. The van der Waals surface area contributed by atoms with Crippen LogP contribution in [0, 0.1) is 36.5 Å². The van der Waals surface area contributed by atoms with Crippen LogP contribution in [0.25, 0.3) is 0 Å². The first-order chi connectivity index (χ1) is 44.2. The van der Waals surface area contributed by atoms with Crippen molar-refractivity contribution in [1.82, 2.24) is 0 Å². The summed E-state index contributed by atoms with van der Waals surface area (Å²) in [5, 5.41) is 10.7. The summed E-state index contributed by atoms with van der Waals surface area (Å²) in [7, 11) is -4.04. The van der Waals surface area contributed by atoms with Crippen LogP contribution in [0.2, 0.25) is 0 Å². The molecule has 0 spiro atoms. The van der Waals surface area contributed by atoms with Crippen LogP contribution in [0.1, 0.15) is 130 Å². The summed E-state index contributed by atoms with van der Waals surface area (Å²) in [6.45, 7) is 39.7. The van der Waals surface area contributed by atoms with Gasteiger partial charge in [0.15, 0.2) is 0 Å². The number of esters is 2. The van der Waals surface area contributed by atoms with Crippen LogP contribution >= 0.6 is 7.82 Å². The van der Waals surface area contributed by atoms with E-state index in [1.807, 2.05) is 32.1 Å². The Bertz CT molecular complexity index is 3120. The molecule has 0 aliphatic rings. The van der Waals surface area contributed by atoms with Crippen LogP contribution < -0.4 is 25.8 Å². The third-order valence-corrected chi connectivity index (χ3v) is 16.8. The quantitative estimate of drug-likeness (QED) is 0.0103. The van der Waals surface area contributed by atoms with E-state index in [4.69, 9.17) is 42.0 Å². The molecular weight excluding hydrogens is 1210 g/mol. The predicted molar refractivity (Wildman–Crippen MR) is 367 cm³/mol. The minimum atomic E-state index is -4.04. The first-order valence-corrected chi connectivity index (χ1v) is 32.8. The minimum absolute atomic E-state index is 0.0304. The van der Waals surface area contributed by atoms with Crippen molar-refractivity contribution in [2.45, 2.75) is 132 Å². The Morgan fingerprint density at radius 1 is 0.516 bits per heavy atom. The Hall–Kier alpha value is -8.45. The Labute approximate surface area is 550 Å². The van der Waals surface area contributed by atoms with Crippen molar-refractivity contribution < 1.29 is 75.3 Å². The summed E-state index contributed by atoms with van der Waals surface area (Å²) >= 11 is 0. The van der Waals surface area contributed by atoms with E-state index in [9.17, 15) is 33.3 Å². The van der Waals surface area contributed by atoms with E-state index < -0.39 is 44.1 Å². The lowest BCUT2D eigenvalue weighted by molar-refractivity contribution is -0.139. The zero-order chi connectivity index (χ0) is 68.8. The van der Waals surface area contributed by atoms with Crippen LogP contribution in [0.3, 0.4) is 0 Å². The fourth-order valence-corrected chi connectivity index (χ4v) is 10.9. The van der Waals surface area contributed by atoms with E-state index in [0.717, 1.165) is 73.8 Å². The van der Waals surface area contributed by atoms with Crippen LogP contribution in [0.4, 0.5) is 41.9 Å². The highest BCUT2D eigenvalue weighted by atomic mass is 31.2. The zero-order valence-electron chi connectivity index (χ0n) is 55.8. The topological polar surface area (TPSA) is 251 Å². The maximum atomic E-state index is 14.3. The van der Waals surface area contributed by atoms with Crippen molar-refractivity contribution in [3.05, 3.63) is 176 Å². The molecule has 0 radical (unpaired) electrons. The lowest BCUT2D eigenvalue weighted by Gasteiger charge is -2.31. The summed E-state index contributed by atoms with van der Waals surface area (Å²) in [6, 6.07) is 18.7. The van der Waals surface area contributed by atoms with E-state index in [1.54, 1.807) is 74.5 Å². The number of hydrogen-bond donors (Lipinski definition) is 4. The van der Waals surface area contributed by atoms with Crippen molar-refractivity contribution >= 4 is 66.9 Å². The van der Waals surface area contributed by atoms with Crippen molar-refractivity contribution in [1.29, 1.82) is 0 Å². The number of nitrogens with one attached hydrogen (secondary N) is 4. The molecule has 0 aliphatic heterocycles. The summed E-state index contributed by atoms with van der Waals surface area (Å²) in [6.07, 6.45) is 16.4. The summed E-state index contributed by atoms with van der Waals surface area (Å²) in [4.78, 5) is 72.0. The number of carbonyl (C=O) groups excluding carboxylic acids is 6. The molecule has 4 N–H and O–H groups in total. The van der Waals surface area contributed by atoms with Gasteiger partial charge in [-0.25, -0.2) is 33.3 Å². The highest BCUT2D eigenvalue weighted by Gasteiger charge is 2.31. The van der Waals surface area contributed by atoms with Crippen LogP contribution in [-0.4, -0.2) is 89.2 Å². The Morgan fingerprint density at radius 3 is 1.34 bits per heavy atom. The second-order valence-corrected chi connectivity index (χ2v) is 25.1. The van der Waals surface area contributed by atoms with E-state index in [1.165, 1.54) is 5.57 Å². The molecular formula is C72H99N4O16P. The van der Waals surface area contributed by atoms with Gasteiger partial charge in [0.2, 0.25) is 0 Å². The summed E-state index contributed by atoms with van der Waals surface area (Å²) in [5.74, 6) is -0.758. The summed E-state index contributed by atoms with van der Waals surface area (Å²) in [5.41, 5.74) is 7.11. The smallest absolute Gasteiger partial charge is 0.459 e. The fourth-order valence-electron chi connectivity index (χ4n) is 9.63. The van der Waals surface area contributed by atoms with Crippen LogP contribution in [-0.2, 0) is 51.6 Å². The number of ether oxygens (including phenoxy) is 6. The number of benzene rings is 3. The van der Waals surface area contributed by atoms with Gasteiger partial charge >= 0.3 is 44.1 Å². The maximum absolute atomic E-state index is 14.3. The van der Waals surface area contributed by atoms with Gasteiger partial charge in [0.05, 0.1) is 26.4 Å². The lowest BCUT2D eigenvalue weighted by Crippen LogP contribution is -2.21. The maximum Gasteiger partial charge on any atom is 0.530 e. The molecule has 93 heavy (non-hydrogen) atoms. The van der Waals surface area contributed by atoms with E-state index >= 15 is 0 Å². The molecule has 4 amide bonds. The van der Waals surface area contributed by atoms with Gasteiger partial charge in [-0.1, -0.05) is 105 Å². The average molecular weight is 1310 g/mol. The molecule has 5 unspecified atom stereocenters. The summed E-state index contributed by atoms with van der Waals surface area (Å²) < 4.78 is 62.9. The number of para-hydroxylation sites is 1. The van der Waals surface area contributed by atoms with Crippen LogP contribution in [0.15, 0.2) is 165 Å². The Kier molecular flexibility index (Phi) is 35.5.